The predicted molar refractivity (Wildman–Crippen MR) is 52.1 cm³/mol. The third-order valence-corrected chi connectivity index (χ3v) is 2.31. The zero-order valence-electron chi connectivity index (χ0n) is 8.41. The normalized spacial score (nSPS) is 12.5. The molecule has 0 radical (unpaired) electrons. The fraction of sp³-hybridized carbons (Fsp3) is 0.300. The molecule has 0 saturated carbocycles. The first kappa shape index (κ1) is 11.5. The van der Waals surface area contributed by atoms with Crippen molar-refractivity contribution < 1.29 is 19.4 Å². The molecule has 0 aliphatic heterocycles. The van der Waals surface area contributed by atoms with Gasteiger partial charge in [-0.2, -0.15) is 0 Å². The largest absolute Gasteiger partial charge is 0.507 e. The highest BCUT2D eigenvalue weighted by Crippen LogP contribution is 2.31. The molecule has 5 heteroatoms. The number of hydrogen-bond acceptors (Lipinski definition) is 3. The van der Waals surface area contributed by atoms with Crippen LogP contribution in [0.4, 0.5) is 4.39 Å². The summed E-state index contributed by atoms with van der Waals surface area (Å²) in [4.78, 5) is 10.7. The fourth-order valence-electron chi connectivity index (χ4n) is 1.39. The molecule has 82 valence electrons. The summed E-state index contributed by atoms with van der Waals surface area (Å²) in [7, 11) is 0. The molecule has 4 N–H and O–H groups in total. The number of benzene rings is 1. The van der Waals surface area contributed by atoms with Gasteiger partial charge in [0, 0.05) is 5.56 Å². The number of halogens is 1. The summed E-state index contributed by atoms with van der Waals surface area (Å²) in [5, 5.41) is 18.3. The Labute approximate surface area is 86.1 Å². The predicted octanol–water partition coefficient (Wildman–Crippen LogP) is 1.23. The number of aliphatic carboxylic acids is 1. The molecule has 0 saturated heterocycles. The van der Waals surface area contributed by atoms with Gasteiger partial charge in [-0.25, -0.2) is 4.39 Å². The Morgan fingerprint density at radius 3 is 2.53 bits per heavy atom. The second-order valence-electron chi connectivity index (χ2n) is 3.38. The lowest BCUT2D eigenvalue weighted by Gasteiger charge is -2.14. The summed E-state index contributed by atoms with van der Waals surface area (Å²) in [6, 6.07) is -0.276. The second-order valence-corrected chi connectivity index (χ2v) is 3.38. The Balaban J connectivity index is 3.45. The van der Waals surface area contributed by atoms with Crippen LogP contribution in [-0.2, 0) is 4.79 Å². The van der Waals surface area contributed by atoms with Gasteiger partial charge in [-0.3, -0.25) is 4.79 Å². The first-order valence-electron chi connectivity index (χ1n) is 4.33. The van der Waals surface area contributed by atoms with Crippen molar-refractivity contribution in [2.24, 2.45) is 5.73 Å². The van der Waals surface area contributed by atoms with E-state index in [4.69, 9.17) is 10.8 Å². The van der Waals surface area contributed by atoms with Crippen LogP contribution in [0.1, 0.15) is 22.7 Å². The molecule has 0 bridgehead atoms. The van der Waals surface area contributed by atoms with E-state index < -0.39 is 17.8 Å². The van der Waals surface area contributed by atoms with Crippen LogP contribution in [0.3, 0.4) is 0 Å². The summed E-state index contributed by atoms with van der Waals surface area (Å²) < 4.78 is 13.3. The van der Waals surface area contributed by atoms with Crippen molar-refractivity contribution in [1.82, 2.24) is 0 Å². The molecule has 0 aromatic heterocycles. The lowest BCUT2D eigenvalue weighted by atomic mass is 9.97. The minimum atomic E-state index is -1.42. The van der Waals surface area contributed by atoms with Crippen molar-refractivity contribution in [3.63, 3.8) is 0 Å². The number of nitrogens with two attached hydrogens (primary N) is 1. The number of phenolic OH excluding ortho intramolecular Hbond substituents is 1. The second kappa shape index (κ2) is 3.86. The average Bonchev–Trinajstić information content (AvgIpc) is 2.15. The number of carbonyl (C=O) groups is 1. The molecule has 4 nitrogen and oxygen atoms in total. The lowest BCUT2D eigenvalue weighted by molar-refractivity contribution is -0.138. The molecule has 0 amide bonds. The van der Waals surface area contributed by atoms with Gasteiger partial charge in [0.25, 0.3) is 0 Å². The highest BCUT2D eigenvalue weighted by molar-refractivity contribution is 5.77. The molecule has 0 spiro atoms. The molecule has 0 aliphatic rings. The summed E-state index contributed by atoms with van der Waals surface area (Å²) in [5.74, 6) is -2.14. The molecule has 1 rings (SSSR count). The van der Waals surface area contributed by atoms with Gasteiger partial charge in [-0.05, 0) is 31.0 Å². The summed E-state index contributed by atoms with van der Waals surface area (Å²) in [6.07, 6.45) is 0. The Morgan fingerprint density at radius 2 is 2.07 bits per heavy atom. The zero-order valence-corrected chi connectivity index (χ0v) is 8.41. The molecule has 1 atom stereocenters. The van der Waals surface area contributed by atoms with Crippen LogP contribution in [0.2, 0.25) is 0 Å². The Hall–Kier alpha value is -1.62. The van der Waals surface area contributed by atoms with Gasteiger partial charge in [-0.1, -0.05) is 0 Å². The maximum absolute atomic E-state index is 13.3. The van der Waals surface area contributed by atoms with Gasteiger partial charge in [0.1, 0.15) is 17.6 Å². The van der Waals surface area contributed by atoms with Gasteiger partial charge >= 0.3 is 5.97 Å². The molecule has 0 fully saturated rings. The van der Waals surface area contributed by atoms with E-state index in [1.165, 1.54) is 13.8 Å². The summed E-state index contributed by atoms with van der Waals surface area (Å²) in [5.41, 5.74) is 5.61. The van der Waals surface area contributed by atoms with Gasteiger partial charge in [-0.15, -0.1) is 0 Å². The van der Waals surface area contributed by atoms with Crippen molar-refractivity contribution >= 4 is 5.97 Å². The number of carboxylic acids is 1. The van der Waals surface area contributed by atoms with Crippen LogP contribution in [0.5, 0.6) is 5.75 Å². The average molecular weight is 213 g/mol. The third kappa shape index (κ3) is 1.92. The summed E-state index contributed by atoms with van der Waals surface area (Å²) >= 11 is 0. The highest BCUT2D eigenvalue weighted by Gasteiger charge is 2.23. The fourth-order valence-corrected chi connectivity index (χ4v) is 1.39. The van der Waals surface area contributed by atoms with Gasteiger partial charge in [0.15, 0.2) is 0 Å². The molecule has 1 aromatic rings. The van der Waals surface area contributed by atoms with E-state index in [1.807, 2.05) is 0 Å². The van der Waals surface area contributed by atoms with Crippen molar-refractivity contribution in [3.8, 4) is 5.75 Å². The van der Waals surface area contributed by atoms with Crippen LogP contribution in [0.25, 0.3) is 0 Å². The van der Waals surface area contributed by atoms with Crippen molar-refractivity contribution in [2.45, 2.75) is 19.9 Å². The smallest absolute Gasteiger partial charge is 0.325 e. The van der Waals surface area contributed by atoms with Crippen LogP contribution < -0.4 is 5.73 Å². The molecule has 15 heavy (non-hydrogen) atoms. The van der Waals surface area contributed by atoms with E-state index in [1.54, 1.807) is 0 Å². The standard InChI is InChI=1S/C10H12FNO3/c1-4-3-6(11)5(2)7(9(4)13)8(12)10(14)15/h3,8,13H,12H2,1-2H3,(H,14,15). The first-order valence-corrected chi connectivity index (χ1v) is 4.33. The van der Waals surface area contributed by atoms with Crippen LogP contribution >= 0.6 is 0 Å². The van der Waals surface area contributed by atoms with E-state index in [9.17, 15) is 14.3 Å². The first-order chi connectivity index (χ1) is 6.86. The molecule has 1 aromatic carbocycles. The van der Waals surface area contributed by atoms with Gasteiger partial charge in [0.2, 0.25) is 0 Å². The Kier molecular flexibility index (Phi) is 2.95. The molecule has 0 heterocycles. The Morgan fingerprint density at radius 1 is 1.53 bits per heavy atom. The van der Waals surface area contributed by atoms with Crippen LogP contribution in [-0.4, -0.2) is 16.2 Å². The molecular formula is C10H12FNO3. The molecule has 1 unspecified atom stereocenters. The topological polar surface area (TPSA) is 83.6 Å². The van der Waals surface area contributed by atoms with Crippen molar-refractivity contribution in [1.29, 1.82) is 0 Å². The lowest BCUT2D eigenvalue weighted by Crippen LogP contribution is -2.22. The van der Waals surface area contributed by atoms with Gasteiger partial charge in [0.05, 0.1) is 0 Å². The molecular weight excluding hydrogens is 201 g/mol. The molecule has 0 aliphatic carbocycles. The number of carboxylic acid groups (broad SMARTS) is 1. The quantitative estimate of drug-likeness (QED) is 0.690. The third-order valence-electron chi connectivity index (χ3n) is 2.31. The zero-order chi connectivity index (χ0) is 11.7. The van der Waals surface area contributed by atoms with Crippen LogP contribution in [0.15, 0.2) is 6.07 Å². The van der Waals surface area contributed by atoms with E-state index in [-0.39, 0.29) is 22.4 Å². The highest BCUT2D eigenvalue weighted by atomic mass is 19.1. The summed E-state index contributed by atoms with van der Waals surface area (Å²) in [6.45, 7) is 2.86. The minimum absolute atomic E-state index is 0.0630. The SMILES string of the molecule is Cc1cc(F)c(C)c(C(N)C(=O)O)c1O. The number of rotatable bonds is 2. The van der Waals surface area contributed by atoms with Crippen molar-refractivity contribution in [3.05, 3.63) is 28.6 Å². The monoisotopic (exact) mass is 213 g/mol. The van der Waals surface area contributed by atoms with Crippen LogP contribution in [0, 0.1) is 19.7 Å². The maximum atomic E-state index is 13.3. The number of aryl methyl sites for hydroxylation is 1. The number of hydrogen-bond donors (Lipinski definition) is 3. The Bertz CT molecular complexity index is 391. The maximum Gasteiger partial charge on any atom is 0.325 e. The number of aromatic hydroxyl groups is 1. The van der Waals surface area contributed by atoms with E-state index in [2.05, 4.69) is 0 Å². The number of phenols is 1. The van der Waals surface area contributed by atoms with Crippen molar-refractivity contribution in [2.75, 3.05) is 0 Å². The van der Waals surface area contributed by atoms with E-state index in [0.29, 0.717) is 0 Å². The van der Waals surface area contributed by atoms with E-state index >= 15 is 0 Å². The van der Waals surface area contributed by atoms with E-state index in [0.717, 1.165) is 6.07 Å². The van der Waals surface area contributed by atoms with Gasteiger partial charge < -0.3 is 15.9 Å². The minimum Gasteiger partial charge on any atom is -0.507 e.